The maximum Gasteiger partial charge on any atom is 0.270 e. The van der Waals surface area contributed by atoms with Gasteiger partial charge in [-0.1, -0.05) is 6.08 Å². The highest BCUT2D eigenvalue weighted by Crippen LogP contribution is 2.19. The number of hydrogen-bond donors (Lipinski definition) is 2. The molecule has 0 spiro atoms. The smallest absolute Gasteiger partial charge is 0.270 e. The third-order valence-corrected chi connectivity index (χ3v) is 2.57. The summed E-state index contributed by atoms with van der Waals surface area (Å²) in [6.45, 7) is 3.91. The zero-order chi connectivity index (χ0) is 13.0. The Labute approximate surface area is 105 Å². The van der Waals surface area contributed by atoms with Gasteiger partial charge in [-0.3, -0.25) is 14.6 Å². The summed E-state index contributed by atoms with van der Waals surface area (Å²) in [5.74, 6) is -0.464. The number of pyridine rings is 1. The highest BCUT2D eigenvalue weighted by atomic mass is 16.2. The van der Waals surface area contributed by atoms with Gasteiger partial charge in [-0.15, -0.1) is 6.58 Å². The number of aromatic nitrogens is 1. The molecule has 0 aliphatic heterocycles. The molecule has 5 heteroatoms. The molecule has 1 heterocycles. The molecule has 0 aromatic carbocycles. The monoisotopic (exact) mass is 245 g/mol. The summed E-state index contributed by atoms with van der Waals surface area (Å²) in [7, 11) is 0. The Bertz CT molecular complexity index is 481. The number of rotatable bonds is 5. The van der Waals surface area contributed by atoms with Crippen LogP contribution >= 0.6 is 0 Å². The fourth-order valence-electron chi connectivity index (χ4n) is 1.45. The molecule has 1 aromatic rings. The molecule has 2 amide bonds. The van der Waals surface area contributed by atoms with E-state index in [9.17, 15) is 9.59 Å². The zero-order valence-electron chi connectivity index (χ0n) is 9.98. The van der Waals surface area contributed by atoms with Crippen LogP contribution in [0.3, 0.4) is 0 Å². The highest BCUT2D eigenvalue weighted by molar-refractivity contribution is 5.98. The molecular weight excluding hydrogens is 230 g/mol. The predicted octanol–water partition coefficient (Wildman–Crippen LogP) is 0.890. The van der Waals surface area contributed by atoms with Crippen LogP contribution in [0.4, 0.5) is 0 Å². The van der Waals surface area contributed by atoms with Gasteiger partial charge in [-0.05, 0) is 25.0 Å². The van der Waals surface area contributed by atoms with E-state index in [-0.39, 0.29) is 23.6 Å². The summed E-state index contributed by atoms with van der Waals surface area (Å²) in [6.07, 6.45) is 5.10. The number of nitrogens with zero attached hydrogens (tertiary/aromatic N) is 1. The van der Waals surface area contributed by atoms with Crippen molar-refractivity contribution < 1.29 is 9.59 Å². The summed E-state index contributed by atoms with van der Waals surface area (Å²) in [4.78, 5) is 27.4. The molecule has 5 nitrogen and oxygen atoms in total. The number of amides is 2. The fraction of sp³-hybridized carbons (Fsp3) is 0.308. The minimum Gasteiger partial charge on any atom is -0.349 e. The second kappa shape index (κ2) is 5.44. The third-order valence-electron chi connectivity index (χ3n) is 2.57. The van der Waals surface area contributed by atoms with Crippen LogP contribution in [0, 0.1) is 0 Å². The van der Waals surface area contributed by atoms with Crippen molar-refractivity contribution in [1.29, 1.82) is 0 Å². The molecule has 0 atom stereocenters. The average Bonchev–Trinajstić information content (AvgIpc) is 3.20. The minimum absolute atomic E-state index is 0.226. The van der Waals surface area contributed by atoms with E-state index < -0.39 is 0 Å². The van der Waals surface area contributed by atoms with Crippen LogP contribution in [0.5, 0.6) is 0 Å². The van der Waals surface area contributed by atoms with Gasteiger partial charge in [0.2, 0.25) is 0 Å². The Morgan fingerprint density at radius 1 is 1.44 bits per heavy atom. The van der Waals surface area contributed by atoms with Crippen LogP contribution in [0.1, 0.15) is 33.7 Å². The molecule has 94 valence electrons. The highest BCUT2D eigenvalue weighted by Gasteiger charge is 2.24. The van der Waals surface area contributed by atoms with Gasteiger partial charge in [0.25, 0.3) is 11.8 Å². The van der Waals surface area contributed by atoms with E-state index in [2.05, 4.69) is 22.2 Å². The molecule has 0 bridgehead atoms. The van der Waals surface area contributed by atoms with Gasteiger partial charge in [0.05, 0.1) is 0 Å². The lowest BCUT2D eigenvalue weighted by Crippen LogP contribution is -2.27. The van der Waals surface area contributed by atoms with Gasteiger partial charge in [-0.25, -0.2) is 0 Å². The maximum atomic E-state index is 11.8. The van der Waals surface area contributed by atoms with Crippen LogP contribution in [0.15, 0.2) is 31.0 Å². The van der Waals surface area contributed by atoms with E-state index in [1.807, 2.05) is 0 Å². The maximum absolute atomic E-state index is 11.8. The topological polar surface area (TPSA) is 71.1 Å². The molecule has 1 aromatic heterocycles. The lowest BCUT2D eigenvalue weighted by molar-refractivity contribution is 0.0946. The summed E-state index contributed by atoms with van der Waals surface area (Å²) in [5.41, 5.74) is 0.695. The van der Waals surface area contributed by atoms with Gasteiger partial charge in [-0.2, -0.15) is 0 Å². The van der Waals surface area contributed by atoms with Crippen LogP contribution < -0.4 is 10.6 Å². The van der Waals surface area contributed by atoms with Crippen molar-refractivity contribution in [3.05, 3.63) is 42.2 Å². The lowest BCUT2D eigenvalue weighted by atomic mass is 10.2. The Kier molecular flexibility index (Phi) is 3.72. The summed E-state index contributed by atoms with van der Waals surface area (Å²) >= 11 is 0. The van der Waals surface area contributed by atoms with Crippen molar-refractivity contribution in [3.8, 4) is 0 Å². The summed E-state index contributed by atoms with van der Waals surface area (Å²) in [6, 6.07) is 3.35. The Morgan fingerprint density at radius 3 is 2.89 bits per heavy atom. The molecular formula is C13H15N3O2. The first-order valence-electron chi connectivity index (χ1n) is 5.86. The quantitative estimate of drug-likeness (QED) is 0.757. The Morgan fingerprint density at radius 2 is 2.22 bits per heavy atom. The molecule has 1 saturated carbocycles. The second-order valence-electron chi connectivity index (χ2n) is 4.18. The van der Waals surface area contributed by atoms with Gasteiger partial charge in [0.1, 0.15) is 5.69 Å². The third kappa shape index (κ3) is 3.16. The van der Waals surface area contributed by atoms with Crippen molar-refractivity contribution in [2.75, 3.05) is 6.54 Å². The lowest BCUT2D eigenvalue weighted by Gasteiger charge is -2.05. The molecule has 2 rings (SSSR count). The Balaban J connectivity index is 2.05. The first-order valence-corrected chi connectivity index (χ1v) is 5.86. The van der Waals surface area contributed by atoms with Crippen molar-refractivity contribution in [2.24, 2.45) is 0 Å². The second-order valence-corrected chi connectivity index (χ2v) is 4.18. The van der Waals surface area contributed by atoms with Crippen LogP contribution in [-0.2, 0) is 0 Å². The van der Waals surface area contributed by atoms with E-state index in [1.165, 1.54) is 12.3 Å². The zero-order valence-corrected chi connectivity index (χ0v) is 9.98. The van der Waals surface area contributed by atoms with Crippen LogP contribution in [0.2, 0.25) is 0 Å². The summed E-state index contributed by atoms with van der Waals surface area (Å²) in [5, 5.41) is 5.48. The fourth-order valence-corrected chi connectivity index (χ4v) is 1.45. The van der Waals surface area contributed by atoms with Crippen LogP contribution in [0.25, 0.3) is 0 Å². The average molecular weight is 245 g/mol. The van der Waals surface area contributed by atoms with Gasteiger partial charge >= 0.3 is 0 Å². The number of carbonyl (C=O) groups excluding carboxylic acids is 2. The molecule has 0 saturated heterocycles. The molecule has 1 aliphatic carbocycles. The first-order chi connectivity index (χ1) is 8.70. The molecule has 1 aliphatic rings. The van der Waals surface area contributed by atoms with Gasteiger partial charge in [0.15, 0.2) is 0 Å². The van der Waals surface area contributed by atoms with Crippen molar-refractivity contribution in [3.63, 3.8) is 0 Å². The standard InChI is InChI=1S/C13H15N3O2/c1-2-6-15-12(17)9-5-7-14-11(8-9)13(18)16-10-3-4-10/h2,5,7-8,10H,1,3-4,6H2,(H,15,17)(H,16,18). The van der Waals surface area contributed by atoms with Crippen molar-refractivity contribution in [2.45, 2.75) is 18.9 Å². The molecule has 18 heavy (non-hydrogen) atoms. The summed E-state index contributed by atoms with van der Waals surface area (Å²) < 4.78 is 0. The molecule has 0 unspecified atom stereocenters. The number of hydrogen-bond acceptors (Lipinski definition) is 3. The van der Waals surface area contributed by atoms with Crippen molar-refractivity contribution in [1.82, 2.24) is 15.6 Å². The van der Waals surface area contributed by atoms with Gasteiger partial charge in [0, 0.05) is 24.3 Å². The Hall–Kier alpha value is -2.17. The van der Waals surface area contributed by atoms with E-state index in [0.717, 1.165) is 12.8 Å². The normalized spacial score (nSPS) is 13.8. The van der Waals surface area contributed by atoms with E-state index >= 15 is 0 Å². The van der Waals surface area contributed by atoms with E-state index in [4.69, 9.17) is 0 Å². The predicted molar refractivity (Wildman–Crippen MR) is 67.3 cm³/mol. The van der Waals surface area contributed by atoms with E-state index in [1.54, 1.807) is 12.1 Å². The molecule has 2 N–H and O–H groups in total. The van der Waals surface area contributed by atoms with E-state index in [0.29, 0.717) is 12.1 Å². The number of nitrogens with one attached hydrogen (secondary N) is 2. The number of carbonyl (C=O) groups is 2. The minimum atomic E-state index is -0.238. The molecule has 1 fully saturated rings. The molecule has 0 radical (unpaired) electrons. The van der Waals surface area contributed by atoms with Crippen LogP contribution in [-0.4, -0.2) is 29.4 Å². The van der Waals surface area contributed by atoms with Gasteiger partial charge < -0.3 is 10.6 Å². The SMILES string of the molecule is C=CCNC(=O)c1ccnc(C(=O)NC2CC2)c1. The first kappa shape index (κ1) is 12.3. The van der Waals surface area contributed by atoms with Crippen molar-refractivity contribution >= 4 is 11.8 Å². The largest absolute Gasteiger partial charge is 0.349 e.